The van der Waals surface area contributed by atoms with Crippen LogP contribution in [0.4, 0.5) is 0 Å². The molecule has 0 saturated heterocycles. The first-order valence-corrected chi connectivity index (χ1v) is 6.76. The van der Waals surface area contributed by atoms with Gasteiger partial charge in [0.05, 0.1) is 7.11 Å². The third kappa shape index (κ3) is 2.50. The first-order valence-electron chi connectivity index (χ1n) is 5.68. The van der Waals surface area contributed by atoms with E-state index in [9.17, 15) is 9.59 Å². The van der Waals surface area contributed by atoms with E-state index < -0.39 is 0 Å². The van der Waals surface area contributed by atoms with Crippen LogP contribution in [0, 0.1) is 3.57 Å². The third-order valence-electron chi connectivity index (χ3n) is 3.10. The minimum absolute atomic E-state index is 0.0189. The molecule has 0 radical (unpaired) electrons. The Morgan fingerprint density at radius 1 is 1.56 bits per heavy atom. The zero-order valence-corrected chi connectivity index (χ0v) is 12.4. The molecule has 1 amide bonds. The van der Waals surface area contributed by atoms with E-state index in [-0.39, 0.29) is 24.3 Å². The summed E-state index contributed by atoms with van der Waals surface area (Å²) in [7, 11) is 1.33. The van der Waals surface area contributed by atoms with Crippen LogP contribution in [0.3, 0.4) is 0 Å². The number of fused-ring (bicyclic) bond motifs is 1. The Balaban J connectivity index is 2.30. The zero-order valence-electron chi connectivity index (χ0n) is 10.3. The largest absolute Gasteiger partial charge is 0.468 e. The highest BCUT2D eigenvalue weighted by Crippen LogP contribution is 2.29. The number of hydrogen-bond donors (Lipinski definition) is 0. The predicted octanol–water partition coefficient (Wildman–Crippen LogP) is 2.02. The van der Waals surface area contributed by atoms with Crippen LogP contribution in [0.15, 0.2) is 18.2 Å². The minimum Gasteiger partial charge on any atom is -0.468 e. The van der Waals surface area contributed by atoms with Crippen molar-refractivity contribution in [2.45, 2.75) is 12.8 Å². The molecule has 0 aromatic heterocycles. The van der Waals surface area contributed by atoms with E-state index in [0.717, 1.165) is 9.13 Å². The third-order valence-corrected chi connectivity index (χ3v) is 3.78. The van der Waals surface area contributed by atoms with Crippen LogP contribution >= 0.6 is 22.6 Å². The highest BCUT2D eigenvalue weighted by Gasteiger charge is 2.30. The Morgan fingerprint density at radius 3 is 2.94 bits per heavy atom. The number of carbonyl (C=O) groups excluding carboxylic acids is 2. The molecule has 0 unspecified atom stereocenters. The second kappa shape index (κ2) is 5.26. The molecule has 18 heavy (non-hydrogen) atoms. The van der Waals surface area contributed by atoms with Gasteiger partial charge in [-0.2, -0.15) is 0 Å². The lowest BCUT2D eigenvalue weighted by Gasteiger charge is -2.32. The molecule has 1 aliphatic rings. The lowest BCUT2D eigenvalue weighted by molar-refractivity contribution is -0.141. The molecule has 0 bridgehead atoms. The van der Waals surface area contributed by atoms with Crippen molar-refractivity contribution in [3.05, 3.63) is 32.9 Å². The van der Waals surface area contributed by atoms with Crippen LogP contribution in [0.1, 0.15) is 28.8 Å². The van der Waals surface area contributed by atoms with Crippen molar-refractivity contribution in [3.8, 4) is 0 Å². The van der Waals surface area contributed by atoms with Crippen LogP contribution in [0.2, 0.25) is 0 Å². The average Bonchev–Trinajstić information content (AvgIpc) is 2.35. The molecule has 1 aliphatic heterocycles. The fraction of sp³-hybridized carbons (Fsp3) is 0.385. The Hall–Kier alpha value is -1.11. The summed E-state index contributed by atoms with van der Waals surface area (Å²) >= 11 is 2.24. The summed E-state index contributed by atoms with van der Waals surface area (Å²) in [6.45, 7) is 2.64. The number of methoxy groups -OCH3 is 1. The molecule has 1 aromatic carbocycles. The first kappa shape index (κ1) is 13.3. The number of amides is 1. The van der Waals surface area contributed by atoms with Gasteiger partial charge in [0.1, 0.15) is 6.54 Å². The molecule has 5 heteroatoms. The number of hydrogen-bond acceptors (Lipinski definition) is 3. The van der Waals surface area contributed by atoms with Crippen molar-refractivity contribution in [1.82, 2.24) is 4.90 Å². The number of nitrogens with zero attached hydrogens (tertiary/aromatic N) is 1. The molecule has 1 atom stereocenters. The number of rotatable bonds is 2. The number of carbonyl (C=O) groups is 2. The Labute approximate surface area is 119 Å². The molecular formula is C13H14INO3. The van der Waals surface area contributed by atoms with Crippen molar-refractivity contribution in [3.63, 3.8) is 0 Å². The number of ether oxygens (including phenoxy) is 1. The van der Waals surface area contributed by atoms with Gasteiger partial charge in [0.25, 0.3) is 5.91 Å². The maximum atomic E-state index is 12.2. The molecule has 1 aromatic rings. The molecule has 1 heterocycles. The van der Waals surface area contributed by atoms with Gasteiger partial charge in [-0.05, 0) is 52.3 Å². The Kier molecular flexibility index (Phi) is 3.89. The SMILES string of the molecule is COC(=O)CN1C[C@H](C)c2cc(I)ccc2C1=O. The molecule has 0 saturated carbocycles. The number of esters is 1. The monoisotopic (exact) mass is 359 g/mol. The van der Waals surface area contributed by atoms with E-state index in [1.165, 1.54) is 7.11 Å². The molecule has 4 nitrogen and oxygen atoms in total. The summed E-state index contributed by atoms with van der Waals surface area (Å²) in [6.07, 6.45) is 0. The van der Waals surface area contributed by atoms with E-state index in [1.807, 2.05) is 18.2 Å². The fourth-order valence-electron chi connectivity index (χ4n) is 2.17. The van der Waals surface area contributed by atoms with Gasteiger partial charge in [-0.1, -0.05) is 6.92 Å². The highest BCUT2D eigenvalue weighted by atomic mass is 127. The van der Waals surface area contributed by atoms with Crippen molar-refractivity contribution in [1.29, 1.82) is 0 Å². The normalized spacial score (nSPS) is 18.5. The van der Waals surface area contributed by atoms with Crippen molar-refractivity contribution in [2.24, 2.45) is 0 Å². The van der Waals surface area contributed by atoms with E-state index >= 15 is 0 Å². The van der Waals surface area contributed by atoms with Crippen LogP contribution in [0.5, 0.6) is 0 Å². The summed E-state index contributed by atoms with van der Waals surface area (Å²) in [5, 5.41) is 0. The minimum atomic E-state index is -0.385. The zero-order chi connectivity index (χ0) is 13.3. The molecule has 0 fully saturated rings. The van der Waals surface area contributed by atoms with Crippen LogP contribution in [-0.2, 0) is 9.53 Å². The summed E-state index contributed by atoms with van der Waals surface area (Å²) < 4.78 is 5.73. The van der Waals surface area contributed by atoms with Crippen LogP contribution in [0.25, 0.3) is 0 Å². The predicted molar refractivity (Wildman–Crippen MR) is 75.5 cm³/mol. The molecule has 0 aliphatic carbocycles. The average molecular weight is 359 g/mol. The molecular weight excluding hydrogens is 345 g/mol. The van der Waals surface area contributed by atoms with Gasteiger partial charge in [0.2, 0.25) is 0 Å². The van der Waals surface area contributed by atoms with Gasteiger partial charge >= 0.3 is 5.97 Å². The Morgan fingerprint density at radius 2 is 2.28 bits per heavy atom. The van der Waals surface area contributed by atoms with E-state index in [4.69, 9.17) is 0 Å². The topological polar surface area (TPSA) is 46.6 Å². The highest BCUT2D eigenvalue weighted by molar-refractivity contribution is 14.1. The summed E-state index contributed by atoms with van der Waals surface area (Å²) in [6, 6.07) is 5.78. The summed E-state index contributed by atoms with van der Waals surface area (Å²) in [5.41, 5.74) is 1.76. The standard InChI is InChI=1S/C13H14INO3/c1-8-6-15(7-12(16)18-2)13(17)10-4-3-9(14)5-11(8)10/h3-5,8H,6-7H2,1-2H3/t8-/m0/s1. The molecule has 96 valence electrons. The summed E-state index contributed by atoms with van der Waals surface area (Å²) in [4.78, 5) is 25.1. The lowest BCUT2D eigenvalue weighted by atomic mass is 9.91. The summed E-state index contributed by atoms with van der Waals surface area (Å²) in [5.74, 6) is -0.244. The first-order chi connectivity index (χ1) is 8.52. The van der Waals surface area contributed by atoms with Gasteiger partial charge < -0.3 is 9.64 Å². The van der Waals surface area contributed by atoms with E-state index in [2.05, 4.69) is 34.3 Å². The van der Waals surface area contributed by atoms with E-state index in [0.29, 0.717) is 12.1 Å². The number of halogens is 1. The second-order valence-electron chi connectivity index (χ2n) is 4.39. The van der Waals surface area contributed by atoms with Crippen LogP contribution in [-0.4, -0.2) is 37.0 Å². The van der Waals surface area contributed by atoms with Gasteiger partial charge in [-0.3, -0.25) is 9.59 Å². The quantitative estimate of drug-likeness (QED) is 0.600. The molecule has 0 spiro atoms. The van der Waals surface area contributed by atoms with Crippen molar-refractivity contribution >= 4 is 34.5 Å². The fourth-order valence-corrected chi connectivity index (χ4v) is 2.69. The molecule has 2 rings (SSSR count). The molecule has 0 N–H and O–H groups in total. The van der Waals surface area contributed by atoms with Crippen molar-refractivity contribution in [2.75, 3.05) is 20.2 Å². The van der Waals surface area contributed by atoms with Crippen molar-refractivity contribution < 1.29 is 14.3 Å². The number of benzene rings is 1. The van der Waals surface area contributed by atoms with E-state index in [1.54, 1.807) is 4.90 Å². The van der Waals surface area contributed by atoms with Gasteiger partial charge in [-0.25, -0.2) is 0 Å². The Bertz CT molecular complexity index is 501. The second-order valence-corrected chi connectivity index (χ2v) is 5.64. The van der Waals surface area contributed by atoms with Gasteiger partial charge in [-0.15, -0.1) is 0 Å². The van der Waals surface area contributed by atoms with Crippen LogP contribution < -0.4 is 0 Å². The maximum absolute atomic E-state index is 12.2. The lowest BCUT2D eigenvalue weighted by Crippen LogP contribution is -2.42. The smallest absolute Gasteiger partial charge is 0.325 e. The maximum Gasteiger partial charge on any atom is 0.325 e. The van der Waals surface area contributed by atoms with Gasteiger partial charge in [0.15, 0.2) is 0 Å². The van der Waals surface area contributed by atoms with Gasteiger partial charge in [0, 0.05) is 15.7 Å².